The predicted molar refractivity (Wildman–Crippen MR) is 115 cm³/mol. The summed E-state index contributed by atoms with van der Waals surface area (Å²) in [6, 6.07) is 10.5. The first-order valence-corrected chi connectivity index (χ1v) is 10.5. The lowest BCUT2D eigenvalue weighted by molar-refractivity contribution is 0.0631. The number of carbonyl (C=O) groups excluding carboxylic acids is 3. The number of rotatable bonds is 5. The number of aromatic nitrogens is 1. The molecule has 1 aliphatic rings. The zero-order valence-corrected chi connectivity index (χ0v) is 17.5. The first-order chi connectivity index (χ1) is 15.9. The van der Waals surface area contributed by atoms with Gasteiger partial charge in [0.2, 0.25) is 0 Å². The number of carbonyl (C=O) groups is 3. The highest BCUT2D eigenvalue weighted by molar-refractivity contribution is 7.14. The molecule has 0 spiro atoms. The molecule has 2 aromatic carbocycles. The normalized spacial score (nSPS) is 12.8. The number of hydrogen-bond donors (Lipinski definition) is 1. The van der Waals surface area contributed by atoms with Crippen molar-refractivity contribution in [2.45, 2.75) is 6.54 Å². The molecule has 1 aliphatic heterocycles. The quantitative estimate of drug-likeness (QED) is 0.430. The topological polar surface area (TPSA) is 92.5 Å². The number of anilines is 1. The van der Waals surface area contributed by atoms with E-state index in [1.54, 1.807) is 12.1 Å². The summed E-state index contributed by atoms with van der Waals surface area (Å²) in [5, 5.41) is 4.23. The van der Waals surface area contributed by atoms with Gasteiger partial charge in [-0.3, -0.25) is 24.6 Å². The Kier molecular flexibility index (Phi) is 5.06. The summed E-state index contributed by atoms with van der Waals surface area (Å²) >= 11 is 1.04. The number of imide groups is 1. The molecule has 7 nitrogen and oxygen atoms in total. The van der Waals surface area contributed by atoms with Gasteiger partial charge < -0.3 is 4.42 Å². The number of nitrogens with one attached hydrogen (secondary N) is 1. The van der Waals surface area contributed by atoms with Crippen molar-refractivity contribution in [1.29, 1.82) is 0 Å². The SMILES string of the molecule is O=C(Nc1nc(-c2cc(F)ccc2F)cs1)c1ccc2c(c1)C(=O)N(Cc1ccco1)C2=O. The molecule has 0 saturated carbocycles. The molecule has 33 heavy (non-hydrogen) atoms. The number of thiazole rings is 1. The first kappa shape index (κ1) is 20.7. The summed E-state index contributed by atoms with van der Waals surface area (Å²) in [6.45, 7) is -0.0145. The van der Waals surface area contributed by atoms with E-state index in [1.807, 2.05) is 0 Å². The lowest BCUT2D eigenvalue weighted by Gasteiger charge is -2.11. The maximum atomic E-state index is 14.0. The number of benzene rings is 2. The van der Waals surface area contributed by atoms with Crippen molar-refractivity contribution >= 4 is 34.2 Å². The van der Waals surface area contributed by atoms with Crippen molar-refractivity contribution in [2.75, 3.05) is 5.32 Å². The highest BCUT2D eigenvalue weighted by Gasteiger charge is 2.36. The molecule has 5 rings (SSSR count). The molecule has 0 radical (unpaired) electrons. The van der Waals surface area contributed by atoms with Crippen LogP contribution in [0.4, 0.5) is 13.9 Å². The lowest BCUT2D eigenvalue weighted by atomic mass is 10.1. The largest absolute Gasteiger partial charge is 0.467 e. The number of amides is 3. The van der Waals surface area contributed by atoms with Crippen LogP contribution in [0.3, 0.4) is 0 Å². The van der Waals surface area contributed by atoms with Crippen molar-refractivity contribution in [2.24, 2.45) is 0 Å². The molecule has 0 aliphatic carbocycles. The van der Waals surface area contributed by atoms with Gasteiger partial charge in [0.25, 0.3) is 17.7 Å². The Hall–Kier alpha value is -4.18. The Morgan fingerprint density at radius 3 is 2.64 bits per heavy atom. The van der Waals surface area contributed by atoms with Gasteiger partial charge in [-0.2, -0.15) is 0 Å². The maximum absolute atomic E-state index is 14.0. The fourth-order valence-corrected chi connectivity index (χ4v) is 4.16. The van der Waals surface area contributed by atoms with Crippen molar-refractivity contribution in [3.05, 3.63) is 94.3 Å². The van der Waals surface area contributed by atoms with Crippen LogP contribution in [0.25, 0.3) is 11.3 Å². The van der Waals surface area contributed by atoms with Gasteiger partial charge in [-0.05, 0) is 48.5 Å². The third-order valence-corrected chi connectivity index (χ3v) is 5.81. The molecule has 0 fully saturated rings. The van der Waals surface area contributed by atoms with E-state index in [1.165, 1.54) is 29.8 Å². The van der Waals surface area contributed by atoms with Gasteiger partial charge in [0.15, 0.2) is 5.13 Å². The van der Waals surface area contributed by atoms with E-state index < -0.39 is 29.4 Å². The standard InChI is InChI=1S/C23H13F2N3O4S/c24-13-4-6-18(25)17(9-13)19-11-33-23(26-19)27-20(29)12-3-5-15-16(8-12)22(31)28(21(15)30)10-14-2-1-7-32-14/h1-9,11H,10H2,(H,26,27,29). The fraction of sp³-hybridized carbons (Fsp3) is 0.0435. The maximum Gasteiger partial charge on any atom is 0.261 e. The number of furan rings is 1. The monoisotopic (exact) mass is 465 g/mol. The number of hydrogen-bond acceptors (Lipinski definition) is 6. The zero-order chi connectivity index (χ0) is 23.1. The Labute approximate surface area is 189 Å². The van der Waals surface area contributed by atoms with Gasteiger partial charge in [0.1, 0.15) is 17.4 Å². The smallest absolute Gasteiger partial charge is 0.261 e. The summed E-state index contributed by atoms with van der Waals surface area (Å²) in [7, 11) is 0. The van der Waals surface area contributed by atoms with Crippen molar-refractivity contribution in [3.8, 4) is 11.3 Å². The van der Waals surface area contributed by atoms with Crippen molar-refractivity contribution in [1.82, 2.24) is 9.88 Å². The third-order valence-electron chi connectivity index (χ3n) is 5.06. The minimum Gasteiger partial charge on any atom is -0.467 e. The van der Waals surface area contributed by atoms with Crippen molar-refractivity contribution < 1.29 is 27.6 Å². The van der Waals surface area contributed by atoms with E-state index in [0.717, 1.165) is 34.4 Å². The number of nitrogens with zero attached hydrogens (tertiary/aromatic N) is 2. The Morgan fingerprint density at radius 2 is 1.85 bits per heavy atom. The van der Waals surface area contributed by atoms with Gasteiger partial charge in [-0.25, -0.2) is 13.8 Å². The minimum absolute atomic E-state index is 0.0145. The summed E-state index contributed by atoms with van der Waals surface area (Å²) in [4.78, 5) is 43.2. The molecule has 1 N–H and O–H groups in total. The molecule has 10 heteroatoms. The van der Waals surface area contributed by atoms with Crippen LogP contribution in [0.1, 0.15) is 36.8 Å². The average Bonchev–Trinajstić information content (AvgIpc) is 3.54. The molecular formula is C23H13F2N3O4S. The average molecular weight is 465 g/mol. The van der Waals surface area contributed by atoms with Gasteiger partial charge >= 0.3 is 0 Å². The van der Waals surface area contributed by atoms with Crippen LogP contribution < -0.4 is 5.32 Å². The van der Waals surface area contributed by atoms with E-state index in [0.29, 0.717) is 5.76 Å². The van der Waals surface area contributed by atoms with Crippen LogP contribution in [-0.2, 0) is 6.54 Å². The van der Waals surface area contributed by atoms with Crippen molar-refractivity contribution in [3.63, 3.8) is 0 Å². The second-order valence-corrected chi connectivity index (χ2v) is 8.01. The van der Waals surface area contributed by atoms with Gasteiger partial charge in [0, 0.05) is 16.5 Å². The van der Waals surface area contributed by atoms with Gasteiger partial charge in [-0.15, -0.1) is 11.3 Å². The zero-order valence-electron chi connectivity index (χ0n) is 16.7. The van der Waals surface area contributed by atoms with E-state index >= 15 is 0 Å². The van der Waals surface area contributed by atoms with Crippen LogP contribution in [0, 0.1) is 11.6 Å². The Morgan fingerprint density at radius 1 is 1.03 bits per heavy atom. The summed E-state index contributed by atoms with van der Waals surface area (Å²) in [6.07, 6.45) is 1.45. The predicted octanol–water partition coefficient (Wildman–Crippen LogP) is 4.73. The first-order valence-electron chi connectivity index (χ1n) is 9.65. The highest BCUT2D eigenvalue weighted by atomic mass is 32.1. The van der Waals surface area contributed by atoms with Gasteiger partial charge in [0.05, 0.1) is 29.6 Å². The van der Waals surface area contributed by atoms with Crippen LogP contribution >= 0.6 is 11.3 Å². The molecule has 3 heterocycles. The lowest BCUT2D eigenvalue weighted by Crippen LogP contribution is -2.28. The Bertz CT molecular complexity index is 1420. The molecule has 2 aromatic heterocycles. The van der Waals surface area contributed by atoms with E-state index in [4.69, 9.17) is 4.42 Å². The molecule has 4 aromatic rings. The molecule has 3 amide bonds. The second kappa shape index (κ2) is 8.06. The summed E-state index contributed by atoms with van der Waals surface area (Å²) < 4.78 is 32.6. The van der Waals surface area contributed by atoms with Crippen LogP contribution in [-0.4, -0.2) is 27.6 Å². The van der Waals surface area contributed by atoms with Gasteiger partial charge in [-0.1, -0.05) is 0 Å². The van der Waals surface area contributed by atoms with Crippen LogP contribution in [0.2, 0.25) is 0 Å². The summed E-state index contributed by atoms with van der Waals surface area (Å²) in [5.41, 5.74) is 0.603. The van der Waals surface area contributed by atoms with Crippen LogP contribution in [0.15, 0.2) is 64.6 Å². The third kappa shape index (κ3) is 3.80. The molecule has 0 bridgehead atoms. The molecule has 0 saturated heterocycles. The Balaban J connectivity index is 1.35. The van der Waals surface area contributed by atoms with Crippen LogP contribution in [0.5, 0.6) is 0 Å². The minimum atomic E-state index is -0.638. The fourth-order valence-electron chi connectivity index (χ4n) is 3.45. The number of halogens is 2. The molecular weight excluding hydrogens is 452 g/mol. The van der Waals surface area contributed by atoms with E-state index in [-0.39, 0.29) is 39.6 Å². The molecule has 0 unspecified atom stereocenters. The van der Waals surface area contributed by atoms with E-state index in [2.05, 4.69) is 10.3 Å². The van der Waals surface area contributed by atoms with E-state index in [9.17, 15) is 23.2 Å². The molecule has 164 valence electrons. The molecule has 0 atom stereocenters. The second-order valence-electron chi connectivity index (χ2n) is 7.15. The highest BCUT2D eigenvalue weighted by Crippen LogP contribution is 2.29. The number of fused-ring (bicyclic) bond motifs is 1. The summed E-state index contributed by atoms with van der Waals surface area (Å²) in [5.74, 6) is -2.36.